The predicted octanol–water partition coefficient (Wildman–Crippen LogP) is 5.59. The molecule has 1 unspecified atom stereocenters. The van der Waals surface area contributed by atoms with Crippen LogP contribution in [0.2, 0.25) is 5.15 Å². The van der Waals surface area contributed by atoms with Crippen molar-refractivity contribution in [3.8, 4) is 0 Å². The molecular weight excluding hydrogens is 346 g/mol. The van der Waals surface area contributed by atoms with Gasteiger partial charge in [0.05, 0.1) is 12.7 Å². The number of hydrogen-bond donors (Lipinski definition) is 0. The minimum Gasteiger partial charge on any atom is -0.465 e. The van der Waals surface area contributed by atoms with E-state index in [0.717, 1.165) is 12.0 Å². The minimum absolute atomic E-state index is 0.279. The van der Waals surface area contributed by atoms with Crippen LogP contribution in [-0.2, 0) is 11.2 Å². The van der Waals surface area contributed by atoms with Gasteiger partial charge in [-0.3, -0.25) is 0 Å². The predicted molar refractivity (Wildman–Crippen MR) is 105 cm³/mol. The molecule has 1 aromatic heterocycles. The zero-order valence-corrected chi connectivity index (χ0v) is 16.4. The summed E-state index contributed by atoms with van der Waals surface area (Å²) in [4.78, 5) is 15.8. The van der Waals surface area contributed by atoms with Gasteiger partial charge in [-0.15, -0.1) is 0 Å². The number of hydrogen-bond acceptors (Lipinski definition) is 3. The fraction of sp³-hybridized carbons (Fsp3) is 0.455. The van der Waals surface area contributed by atoms with E-state index in [0.29, 0.717) is 28.5 Å². The van der Waals surface area contributed by atoms with E-state index >= 15 is 0 Å². The summed E-state index contributed by atoms with van der Waals surface area (Å²) >= 11 is 6.06. The monoisotopic (exact) mass is 371 g/mol. The number of esters is 1. The van der Waals surface area contributed by atoms with E-state index in [2.05, 4.69) is 30.1 Å². The van der Waals surface area contributed by atoms with Gasteiger partial charge in [0.2, 0.25) is 0 Å². The second kappa shape index (κ2) is 8.22. The zero-order chi connectivity index (χ0) is 18.7. The van der Waals surface area contributed by atoms with Crippen LogP contribution in [0, 0.1) is 18.8 Å². The second-order valence-corrected chi connectivity index (χ2v) is 7.85. The number of carbonyl (C=O) groups excluding carboxylic acids is 1. The van der Waals surface area contributed by atoms with Crippen LogP contribution in [0.4, 0.5) is 0 Å². The van der Waals surface area contributed by atoms with Crippen LogP contribution in [0.25, 0.3) is 0 Å². The van der Waals surface area contributed by atoms with Crippen LogP contribution in [0.3, 0.4) is 0 Å². The lowest BCUT2D eigenvalue weighted by Gasteiger charge is -2.20. The summed E-state index contributed by atoms with van der Waals surface area (Å²) in [7, 11) is 1.41. The molecule has 2 aromatic rings. The van der Waals surface area contributed by atoms with E-state index in [9.17, 15) is 4.79 Å². The van der Waals surface area contributed by atoms with Crippen molar-refractivity contribution in [2.45, 2.75) is 45.4 Å². The fourth-order valence-corrected chi connectivity index (χ4v) is 4.19. The molecule has 1 heterocycles. The smallest absolute Gasteiger partial charge is 0.337 e. The zero-order valence-electron chi connectivity index (χ0n) is 15.7. The number of ether oxygens (including phenoxy) is 1. The van der Waals surface area contributed by atoms with E-state index in [-0.39, 0.29) is 5.97 Å². The van der Waals surface area contributed by atoms with E-state index < -0.39 is 0 Å². The lowest BCUT2D eigenvalue weighted by molar-refractivity contribution is 0.0600. The van der Waals surface area contributed by atoms with Gasteiger partial charge in [0.25, 0.3) is 0 Å². The standard InChI is InChI=1S/C22H26ClNO2/c1-14-10-20(13-24-21(14)23)15(2)19-9-6-17(12-19)11-16-4-7-18(8-5-16)22(25)26-3/h4-5,7-8,10,13,15,17,19H,6,9,11-12H2,1-3H3/t15-,17?,19-/m0/s1. The molecule has 1 aromatic carbocycles. The van der Waals surface area contributed by atoms with E-state index in [1.165, 1.54) is 37.5 Å². The Morgan fingerprint density at radius 1 is 1.31 bits per heavy atom. The van der Waals surface area contributed by atoms with E-state index in [4.69, 9.17) is 16.3 Å². The van der Waals surface area contributed by atoms with Crippen molar-refractivity contribution in [2.75, 3.05) is 7.11 Å². The molecule has 0 amide bonds. The maximum Gasteiger partial charge on any atom is 0.337 e. The molecule has 138 valence electrons. The van der Waals surface area contributed by atoms with Crippen molar-refractivity contribution in [1.29, 1.82) is 0 Å². The fourth-order valence-electron chi connectivity index (χ4n) is 4.08. The molecule has 0 saturated heterocycles. The number of methoxy groups -OCH3 is 1. The SMILES string of the molecule is COC(=O)c1ccc(CC2CC[C@H]([C@H](C)c3cnc(Cl)c(C)c3)C2)cc1. The van der Waals surface area contributed by atoms with Crippen LogP contribution >= 0.6 is 11.6 Å². The molecule has 3 nitrogen and oxygen atoms in total. The molecule has 0 aliphatic heterocycles. The van der Waals surface area contributed by atoms with Gasteiger partial charge in [-0.05, 0) is 79.2 Å². The molecule has 1 fully saturated rings. The number of benzene rings is 1. The quantitative estimate of drug-likeness (QED) is 0.507. The van der Waals surface area contributed by atoms with Crippen molar-refractivity contribution < 1.29 is 9.53 Å². The molecule has 1 aliphatic carbocycles. The van der Waals surface area contributed by atoms with Gasteiger partial charge in [0, 0.05) is 6.20 Å². The van der Waals surface area contributed by atoms with Crippen LogP contribution in [0.1, 0.15) is 59.2 Å². The lowest BCUT2D eigenvalue weighted by Crippen LogP contribution is -2.09. The molecule has 26 heavy (non-hydrogen) atoms. The average Bonchev–Trinajstić information content (AvgIpc) is 3.12. The molecular formula is C22H26ClNO2. The topological polar surface area (TPSA) is 39.2 Å². The summed E-state index contributed by atoms with van der Waals surface area (Å²) in [6, 6.07) is 10.0. The summed E-state index contributed by atoms with van der Waals surface area (Å²) in [6.07, 6.45) is 6.75. The summed E-state index contributed by atoms with van der Waals surface area (Å²) in [6.45, 7) is 4.32. The third-order valence-electron chi connectivity index (χ3n) is 5.75. The maximum atomic E-state index is 11.5. The Morgan fingerprint density at radius 3 is 2.69 bits per heavy atom. The molecule has 3 atom stereocenters. The Balaban J connectivity index is 1.59. The molecule has 0 spiro atoms. The second-order valence-electron chi connectivity index (χ2n) is 7.50. The van der Waals surface area contributed by atoms with Gasteiger partial charge in [-0.25, -0.2) is 9.78 Å². The molecule has 0 bridgehead atoms. The van der Waals surface area contributed by atoms with Crippen molar-refractivity contribution in [3.05, 3.63) is 63.9 Å². The minimum atomic E-state index is -0.279. The van der Waals surface area contributed by atoms with Crippen molar-refractivity contribution >= 4 is 17.6 Å². The number of carbonyl (C=O) groups is 1. The highest BCUT2D eigenvalue weighted by atomic mass is 35.5. The number of rotatable bonds is 5. The number of aromatic nitrogens is 1. The van der Waals surface area contributed by atoms with Gasteiger partial charge < -0.3 is 4.74 Å². The largest absolute Gasteiger partial charge is 0.465 e. The Morgan fingerprint density at radius 2 is 2.04 bits per heavy atom. The van der Waals surface area contributed by atoms with Gasteiger partial charge >= 0.3 is 5.97 Å². The van der Waals surface area contributed by atoms with Crippen LogP contribution in [0.15, 0.2) is 36.5 Å². The lowest BCUT2D eigenvalue weighted by atomic mass is 9.85. The van der Waals surface area contributed by atoms with Crippen LogP contribution < -0.4 is 0 Å². The van der Waals surface area contributed by atoms with Gasteiger partial charge in [0.15, 0.2) is 0 Å². The third kappa shape index (κ3) is 4.27. The number of aryl methyl sites for hydroxylation is 1. The van der Waals surface area contributed by atoms with Crippen LogP contribution in [-0.4, -0.2) is 18.1 Å². The third-order valence-corrected chi connectivity index (χ3v) is 6.15. The van der Waals surface area contributed by atoms with Gasteiger partial charge in [-0.1, -0.05) is 36.7 Å². The maximum absolute atomic E-state index is 11.5. The van der Waals surface area contributed by atoms with Crippen molar-refractivity contribution in [3.63, 3.8) is 0 Å². The van der Waals surface area contributed by atoms with E-state index in [1.807, 2.05) is 25.3 Å². The summed E-state index contributed by atoms with van der Waals surface area (Å²) in [5, 5.41) is 0.598. The van der Waals surface area contributed by atoms with Crippen molar-refractivity contribution in [1.82, 2.24) is 4.98 Å². The van der Waals surface area contributed by atoms with Gasteiger partial charge in [0.1, 0.15) is 5.15 Å². The average molecular weight is 372 g/mol. The first-order valence-corrected chi connectivity index (χ1v) is 9.65. The first-order valence-electron chi connectivity index (χ1n) is 9.27. The summed E-state index contributed by atoms with van der Waals surface area (Å²) in [5.74, 6) is 1.62. The first kappa shape index (κ1) is 18.9. The van der Waals surface area contributed by atoms with Gasteiger partial charge in [-0.2, -0.15) is 0 Å². The Hall–Kier alpha value is -1.87. The Labute approximate surface area is 160 Å². The first-order chi connectivity index (χ1) is 12.5. The Bertz CT molecular complexity index is 772. The molecule has 0 radical (unpaired) electrons. The molecule has 3 rings (SSSR count). The normalized spacial score (nSPS) is 20.8. The number of pyridine rings is 1. The molecule has 1 aliphatic rings. The van der Waals surface area contributed by atoms with Crippen LogP contribution in [0.5, 0.6) is 0 Å². The highest BCUT2D eigenvalue weighted by Gasteiger charge is 2.29. The molecule has 4 heteroatoms. The summed E-state index contributed by atoms with van der Waals surface area (Å²) < 4.78 is 4.76. The highest BCUT2D eigenvalue weighted by Crippen LogP contribution is 2.41. The summed E-state index contributed by atoms with van der Waals surface area (Å²) in [5.41, 5.74) is 4.25. The number of halogens is 1. The van der Waals surface area contributed by atoms with E-state index in [1.54, 1.807) is 0 Å². The Kier molecular flexibility index (Phi) is 5.98. The van der Waals surface area contributed by atoms with Crippen molar-refractivity contribution in [2.24, 2.45) is 11.8 Å². The number of nitrogens with zero attached hydrogens (tertiary/aromatic N) is 1. The molecule has 1 saturated carbocycles. The molecule has 0 N–H and O–H groups in total. The highest BCUT2D eigenvalue weighted by molar-refractivity contribution is 6.30.